The van der Waals surface area contributed by atoms with Gasteiger partial charge >= 0.3 is 5.97 Å². The van der Waals surface area contributed by atoms with E-state index >= 15 is 0 Å². The van der Waals surface area contributed by atoms with E-state index < -0.39 is 5.97 Å². The number of nitrogens with one attached hydrogen (secondary N) is 1. The number of nitrogens with zero attached hydrogens (tertiary/aromatic N) is 4. The monoisotopic (exact) mass is 381 g/mol. The lowest BCUT2D eigenvalue weighted by molar-refractivity contribution is 0.0472. The number of likely N-dealkylation sites (N-methyl/N-ethyl adjacent to an activating group) is 1. The fourth-order valence-corrected chi connectivity index (χ4v) is 2.70. The number of aromatic nitrogens is 3. The molecule has 8 heteroatoms. The highest BCUT2D eigenvalue weighted by Gasteiger charge is 2.16. The molecule has 28 heavy (non-hydrogen) atoms. The van der Waals surface area contributed by atoms with Crippen molar-refractivity contribution >= 4 is 28.1 Å². The maximum Gasteiger partial charge on any atom is 0.358 e. The summed E-state index contributed by atoms with van der Waals surface area (Å²) in [6.45, 7) is 2.97. The molecule has 0 aliphatic rings. The number of ether oxygens (including phenoxy) is 1. The maximum absolute atomic E-state index is 12.7. The van der Waals surface area contributed by atoms with Gasteiger partial charge in [0.25, 0.3) is 5.56 Å². The summed E-state index contributed by atoms with van der Waals surface area (Å²) in [4.78, 5) is 31.2. The van der Waals surface area contributed by atoms with Crippen molar-refractivity contribution in [3.05, 3.63) is 58.8 Å². The van der Waals surface area contributed by atoms with Crippen LogP contribution in [0.3, 0.4) is 0 Å². The molecule has 0 spiro atoms. The van der Waals surface area contributed by atoms with Crippen LogP contribution in [0.1, 0.15) is 17.4 Å². The minimum Gasteiger partial charge on any atom is -0.460 e. The number of hydrogen-bond donors (Lipinski definition) is 1. The molecule has 3 aromatic rings. The van der Waals surface area contributed by atoms with Crippen LogP contribution >= 0.6 is 0 Å². The summed E-state index contributed by atoms with van der Waals surface area (Å²) in [5, 5.41) is 9.09. The number of fused-ring (bicyclic) bond motifs is 1. The SMILES string of the molecule is CCn1nc(C(=O)OCCN(C)C)cc(Nc2cncc3ccccc23)c1=O. The standard InChI is InChI=1S/C20H23N5O3/c1-4-25-19(26)16(11-17(23-25)20(27)28-10-9-24(2)3)22-18-13-21-12-14-7-5-6-8-15(14)18/h5-8,11-13,22H,4,9-10H2,1-3H3. The van der Waals surface area contributed by atoms with Crippen LogP contribution in [0.2, 0.25) is 0 Å². The lowest BCUT2D eigenvalue weighted by atomic mass is 10.1. The van der Waals surface area contributed by atoms with Gasteiger partial charge in [-0.15, -0.1) is 0 Å². The second-order valence-corrected chi connectivity index (χ2v) is 6.54. The number of carbonyl (C=O) groups is 1. The Bertz CT molecular complexity index is 1040. The molecular formula is C20H23N5O3. The molecule has 8 nitrogen and oxygen atoms in total. The molecule has 0 radical (unpaired) electrons. The van der Waals surface area contributed by atoms with Gasteiger partial charge in [-0.1, -0.05) is 24.3 Å². The number of carbonyl (C=O) groups excluding carboxylic acids is 1. The molecule has 3 rings (SSSR count). The average molecular weight is 381 g/mol. The van der Waals surface area contributed by atoms with E-state index in [0.717, 1.165) is 10.8 Å². The smallest absolute Gasteiger partial charge is 0.358 e. The largest absolute Gasteiger partial charge is 0.460 e. The lowest BCUT2D eigenvalue weighted by Gasteiger charge is -2.13. The Morgan fingerprint density at radius 1 is 1.21 bits per heavy atom. The molecule has 0 atom stereocenters. The summed E-state index contributed by atoms with van der Waals surface area (Å²) in [6.07, 6.45) is 3.40. The van der Waals surface area contributed by atoms with Crippen LogP contribution in [0.5, 0.6) is 0 Å². The van der Waals surface area contributed by atoms with Crippen molar-refractivity contribution in [3.63, 3.8) is 0 Å². The minimum atomic E-state index is -0.567. The summed E-state index contributed by atoms with van der Waals surface area (Å²) < 4.78 is 6.49. The van der Waals surface area contributed by atoms with Crippen molar-refractivity contribution in [1.82, 2.24) is 19.7 Å². The van der Waals surface area contributed by atoms with E-state index in [1.807, 2.05) is 43.3 Å². The number of pyridine rings is 1. The van der Waals surface area contributed by atoms with Crippen molar-refractivity contribution in [2.45, 2.75) is 13.5 Å². The topological polar surface area (TPSA) is 89.3 Å². The zero-order chi connectivity index (χ0) is 20.1. The fraction of sp³-hybridized carbons (Fsp3) is 0.300. The Morgan fingerprint density at radius 3 is 2.75 bits per heavy atom. The zero-order valence-corrected chi connectivity index (χ0v) is 16.2. The quantitative estimate of drug-likeness (QED) is 0.628. The molecule has 0 bridgehead atoms. The highest BCUT2D eigenvalue weighted by Crippen LogP contribution is 2.24. The van der Waals surface area contributed by atoms with Crippen molar-refractivity contribution in [2.24, 2.45) is 0 Å². The van der Waals surface area contributed by atoms with Gasteiger partial charge in [-0.25, -0.2) is 9.48 Å². The first-order chi connectivity index (χ1) is 13.5. The molecule has 0 saturated heterocycles. The van der Waals surface area contributed by atoms with Crippen LogP contribution < -0.4 is 10.9 Å². The van der Waals surface area contributed by atoms with Crippen LogP contribution in [-0.2, 0) is 11.3 Å². The average Bonchev–Trinajstić information content (AvgIpc) is 2.69. The van der Waals surface area contributed by atoms with Gasteiger partial charge in [-0.05, 0) is 21.0 Å². The van der Waals surface area contributed by atoms with Gasteiger partial charge in [0, 0.05) is 36.1 Å². The van der Waals surface area contributed by atoms with Crippen molar-refractivity contribution in [3.8, 4) is 0 Å². The Balaban J connectivity index is 1.94. The molecule has 146 valence electrons. The van der Waals surface area contributed by atoms with E-state index in [0.29, 0.717) is 18.8 Å². The van der Waals surface area contributed by atoms with Crippen molar-refractivity contribution in [1.29, 1.82) is 0 Å². The first kappa shape index (κ1) is 19.5. The summed E-state index contributed by atoms with van der Waals surface area (Å²) in [6, 6.07) is 9.14. The first-order valence-electron chi connectivity index (χ1n) is 9.03. The van der Waals surface area contributed by atoms with Crippen LogP contribution in [-0.4, -0.2) is 52.9 Å². The molecule has 0 saturated carbocycles. The maximum atomic E-state index is 12.7. The molecular weight excluding hydrogens is 358 g/mol. The Kier molecular flexibility index (Phi) is 6.00. The van der Waals surface area contributed by atoms with Crippen LogP contribution in [0.25, 0.3) is 10.8 Å². The van der Waals surface area contributed by atoms with Crippen LogP contribution in [0.15, 0.2) is 47.5 Å². The van der Waals surface area contributed by atoms with Gasteiger partial charge in [-0.2, -0.15) is 5.10 Å². The number of aryl methyl sites for hydroxylation is 1. The van der Waals surface area contributed by atoms with Gasteiger partial charge in [0.15, 0.2) is 5.69 Å². The second-order valence-electron chi connectivity index (χ2n) is 6.54. The van der Waals surface area contributed by atoms with E-state index in [-0.39, 0.29) is 23.5 Å². The molecule has 1 N–H and O–H groups in total. The number of esters is 1. The van der Waals surface area contributed by atoms with Gasteiger partial charge in [-0.3, -0.25) is 9.78 Å². The predicted molar refractivity (Wildman–Crippen MR) is 108 cm³/mol. The highest BCUT2D eigenvalue weighted by atomic mass is 16.5. The molecule has 0 fully saturated rings. The minimum absolute atomic E-state index is 0.0795. The third-order valence-corrected chi connectivity index (χ3v) is 4.19. The first-order valence-corrected chi connectivity index (χ1v) is 9.03. The molecule has 0 aliphatic carbocycles. The van der Waals surface area contributed by atoms with Crippen molar-refractivity contribution in [2.75, 3.05) is 32.6 Å². The molecule has 0 amide bonds. The van der Waals surface area contributed by atoms with E-state index in [9.17, 15) is 9.59 Å². The zero-order valence-electron chi connectivity index (χ0n) is 16.2. The molecule has 1 aromatic carbocycles. The molecule has 2 heterocycles. The van der Waals surface area contributed by atoms with Gasteiger partial charge in [0.05, 0.1) is 11.9 Å². The second kappa shape index (κ2) is 8.62. The van der Waals surface area contributed by atoms with E-state index in [1.54, 1.807) is 19.3 Å². The van der Waals surface area contributed by atoms with E-state index in [1.165, 1.54) is 10.7 Å². The van der Waals surface area contributed by atoms with Crippen LogP contribution in [0.4, 0.5) is 11.4 Å². The summed E-state index contributed by atoms with van der Waals surface area (Å²) in [5.74, 6) is -0.567. The number of benzene rings is 1. The highest BCUT2D eigenvalue weighted by molar-refractivity contribution is 5.95. The number of rotatable bonds is 7. The van der Waals surface area contributed by atoms with Gasteiger partial charge in [0.2, 0.25) is 0 Å². The third kappa shape index (κ3) is 4.34. The van der Waals surface area contributed by atoms with E-state index in [2.05, 4.69) is 15.4 Å². The molecule has 0 aliphatic heterocycles. The number of hydrogen-bond acceptors (Lipinski definition) is 7. The lowest BCUT2D eigenvalue weighted by Crippen LogP contribution is -2.28. The summed E-state index contributed by atoms with van der Waals surface area (Å²) in [7, 11) is 3.78. The Hall–Kier alpha value is -3.26. The van der Waals surface area contributed by atoms with Gasteiger partial charge in [0.1, 0.15) is 12.3 Å². The molecule has 0 unspecified atom stereocenters. The fourth-order valence-electron chi connectivity index (χ4n) is 2.70. The summed E-state index contributed by atoms with van der Waals surface area (Å²) >= 11 is 0. The normalized spacial score (nSPS) is 11.0. The van der Waals surface area contributed by atoms with Crippen LogP contribution in [0, 0.1) is 0 Å². The van der Waals surface area contributed by atoms with E-state index in [4.69, 9.17) is 4.74 Å². The number of anilines is 2. The Morgan fingerprint density at radius 2 is 2.00 bits per heavy atom. The third-order valence-electron chi connectivity index (χ3n) is 4.19. The van der Waals surface area contributed by atoms with Gasteiger partial charge < -0.3 is 15.0 Å². The summed E-state index contributed by atoms with van der Waals surface area (Å²) in [5.41, 5.74) is 0.682. The Labute approximate surface area is 162 Å². The molecule has 2 aromatic heterocycles. The van der Waals surface area contributed by atoms with Crippen molar-refractivity contribution < 1.29 is 9.53 Å². The predicted octanol–water partition coefficient (Wildman–Crippen LogP) is 2.27.